The van der Waals surface area contributed by atoms with Gasteiger partial charge in [-0.25, -0.2) is 0 Å². The second-order valence-corrected chi connectivity index (χ2v) is 7.50. The lowest BCUT2D eigenvalue weighted by molar-refractivity contribution is 0.700. The third-order valence-electron chi connectivity index (χ3n) is 4.54. The first-order valence-corrected chi connectivity index (χ1v) is 9.53. The number of benzene rings is 2. The molecule has 1 N–H and O–H groups in total. The Morgan fingerprint density at radius 1 is 0.920 bits per heavy atom. The van der Waals surface area contributed by atoms with E-state index in [2.05, 4.69) is 89.0 Å². The summed E-state index contributed by atoms with van der Waals surface area (Å²) in [6, 6.07) is 21.8. The van der Waals surface area contributed by atoms with Gasteiger partial charge >= 0.3 is 0 Å². The molecule has 2 aromatic carbocycles. The molecule has 0 amide bonds. The fourth-order valence-electron chi connectivity index (χ4n) is 3.22. The average Bonchev–Trinajstić information content (AvgIpc) is 3.26. The largest absolute Gasteiger partial charge is 0.343 e. The molecule has 0 atom stereocenters. The monoisotopic (exact) mass is 346 g/mol. The Bertz CT molecular complexity index is 950. The maximum atomic E-state index is 3.58. The van der Waals surface area contributed by atoms with Crippen molar-refractivity contribution in [1.29, 1.82) is 0 Å². The molecule has 0 fully saturated rings. The summed E-state index contributed by atoms with van der Waals surface area (Å²) in [6.45, 7) is 4.85. The molecule has 0 radical (unpaired) electrons. The van der Waals surface area contributed by atoms with Gasteiger partial charge in [-0.3, -0.25) is 0 Å². The SMILES string of the molecule is Cc1ccc(Cn2cc(CNCc3cccs3)c3ccccc32)cc1. The third-order valence-corrected chi connectivity index (χ3v) is 5.42. The van der Waals surface area contributed by atoms with Gasteiger partial charge in [0.05, 0.1) is 0 Å². The molecule has 0 unspecified atom stereocenters. The van der Waals surface area contributed by atoms with Crippen LogP contribution in [-0.2, 0) is 19.6 Å². The van der Waals surface area contributed by atoms with Gasteiger partial charge in [-0.05, 0) is 35.6 Å². The van der Waals surface area contributed by atoms with Crippen LogP contribution < -0.4 is 5.32 Å². The van der Waals surface area contributed by atoms with Crippen LogP contribution in [0, 0.1) is 6.92 Å². The van der Waals surface area contributed by atoms with E-state index in [0.717, 1.165) is 19.6 Å². The molecule has 0 aliphatic heterocycles. The maximum Gasteiger partial charge on any atom is 0.0486 e. The van der Waals surface area contributed by atoms with E-state index in [9.17, 15) is 0 Å². The first-order chi connectivity index (χ1) is 12.3. The van der Waals surface area contributed by atoms with Crippen molar-refractivity contribution < 1.29 is 0 Å². The Morgan fingerprint density at radius 2 is 1.76 bits per heavy atom. The van der Waals surface area contributed by atoms with Gasteiger partial charge in [-0.1, -0.05) is 54.1 Å². The molecule has 4 rings (SSSR count). The first kappa shape index (κ1) is 16.1. The zero-order chi connectivity index (χ0) is 17.1. The van der Waals surface area contributed by atoms with Crippen molar-refractivity contribution in [3.63, 3.8) is 0 Å². The summed E-state index contributed by atoms with van der Waals surface area (Å²) in [5.74, 6) is 0. The standard InChI is InChI=1S/C22H22N2S/c1-17-8-10-18(11-9-17)15-24-16-19(21-6-2-3-7-22(21)24)13-23-14-20-5-4-12-25-20/h2-12,16,23H,13-15H2,1H3. The number of nitrogens with zero attached hydrogens (tertiary/aromatic N) is 1. The van der Waals surface area contributed by atoms with E-state index in [1.54, 1.807) is 11.3 Å². The van der Waals surface area contributed by atoms with Crippen LogP contribution in [0.5, 0.6) is 0 Å². The molecule has 2 heterocycles. The molecule has 25 heavy (non-hydrogen) atoms. The molecule has 0 saturated heterocycles. The second-order valence-electron chi connectivity index (χ2n) is 6.47. The van der Waals surface area contributed by atoms with Crippen molar-refractivity contribution >= 4 is 22.2 Å². The summed E-state index contributed by atoms with van der Waals surface area (Å²) in [5, 5.41) is 7.05. The van der Waals surface area contributed by atoms with E-state index in [4.69, 9.17) is 0 Å². The van der Waals surface area contributed by atoms with Gasteiger partial charge in [-0.15, -0.1) is 11.3 Å². The Hall–Kier alpha value is -2.36. The number of aromatic nitrogens is 1. The molecule has 0 saturated carbocycles. The minimum absolute atomic E-state index is 0.888. The van der Waals surface area contributed by atoms with Gasteiger partial charge in [0.2, 0.25) is 0 Å². The van der Waals surface area contributed by atoms with Gasteiger partial charge in [0.1, 0.15) is 0 Å². The quantitative estimate of drug-likeness (QED) is 0.498. The second kappa shape index (κ2) is 7.26. The van der Waals surface area contributed by atoms with E-state index in [-0.39, 0.29) is 0 Å². The lowest BCUT2D eigenvalue weighted by atomic mass is 10.1. The van der Waals surface area contributed by atoms with Crippen molar-refractivity contribution in [3.05, 3.63) is 93.8 Å². The van der Waals surface area contributed by atoms with Gasteiger partial charge < -0.3 is 9.88 Å². The minimum Gasteiger partial charge on any atom is -0.343 e. The number of fused-ring (bicyclic) bond motifs is 1. The van der Waals surface area contributed by atoms with E-state index in [1.165, 1.54) is 32.5 Å². The summed E-state index contributed by atoms with van der Waals surface area (Å²) in [7, 11) is 0. The van der Waals surface area contributed by atoms with Gasteiger partial charge in [0.15, 0.2) is 0 Å². The molecule has 3 heteroatoms. The van der Waals surface area contributed by atoms with E-state index < -0.39 is 0 Å². The topological polar surface area (TPSA) is 17.0 Å². The van der Waals surface area contributed by atoms with Crippen molar-refractivity contribution in [3.8, 4) is 0 Å². The highest BCUT2D eigenvalue weighted by Gasteiger charge is 2.08. The highest BCUT2D eigenvalue weighted by atomic mass is 32.1. The predicted molar refractivity (Wildman–Crippen MR) is 107 cm³/mol. The number of hydrogen-bond donors (Lipinski definition) is 1. The van der Waals surface area contributed by atoms with Crippen LogP contribution in [-0.4, -0.2) is 4.57 Å². The number of nitrogens with one attached hydrogen (secondary N) is 1. The number of para-hydroxylation sites is 1. The highest BCUT2D eigenvalue weighted by molar-refractivity contribution is 7.09. The van der Waals surface area contributed by atoms with E-state index in [1.807, 2.05) is 0 Å². The normalized spacial score (nSPS) is 11.2. The van der Waals surface area contributed by atoms with E-state index >= 15 is 0 Å². The summed E-state index contributed by atoms with van der Waals surface area (Å²) >= 11 is 1.80. The zero-order valence-corrected chi connectivity index (χ0v) is 15.2. The Labute approximate surface area is 152 Å². The Morgan fingerprint density at radius 3 is 2.56 bits per heavy atom. The fraction of sp³-hybridized carbons (Fsp3) is 0.182. The lowest BCUT2D eigenvalue weighted by Crippen LogP contribution is -2.11. The van der Waals surface area contributed by atoms with Gasteiger partial charge in [0.25, 0.3) is 0 Å². The summed E-state index contributed by atoms with van der Waals surface area (Å²) in [4.78, 5) is 1.38. The van der Waals surface area contributed by atoms with Crippen molar-refractivity contribution in [2.45, 2.75) is 26.6 Å². The summed E-state index contributed by atoms with van der Waals surface area (Å²) in [6.07, 6.45) is 2.30. The van der Waals surface area contributed by atoms with E-state index in [0.29, 0.717) is 0 Å². The van der Waals surface area contributed by atoms with Gasteiger partial charge in [0, 0.05) is 41.6 Å². The molecule has 0 aliphatic carbocycles. The maximum absolute atomic E-state index is 3.58. The molecule has 0 aliphatic rings. The Balaban J connectivity index is 1.56. The Kier molecular flexibility index (Phi) is 4.68. The van der Waals surface area contributed by atoms with Crippen LogP contribution in [0.15, 0.2) is 72.2 Å². The first-order valence-electron chi connectivity index (χ1n) is 8.65. The van der Waals surface area contributed by atoms with Crippen LogP contribution in [0.1, 0.15) is 21.6 Å². The van der Waals surface area contributed by atoms with Crippen LogP contribution in [0.3, 0.4) is 0 Å². The zero-order valence-electron chi connectivity index (χ0n) is 14.4. The molecule has 126 valence electrons. The number of rotatable bonds is 6. The molecular formula is C22H22N2S. The highest BCUT2D eigenvalue weighted by Crippen LogP contribution is 2.23. The van der Waals surface area contributed by atoms with Crippen LogP contribution in [0.4, 0.5) is 0 Å². The summed E-state index contributed by atoms with van der Waals surface area (Å²) in [5.41, 5.74) is 5.30. The molecule has 0 bridgehead atoms. The number of thiophene rings is 1. The van der Waals surface area contributed by atoms with Crippen LogP contribution >= 0.6 is 11.3 Å². The molecule has 2 nitrogen and oxygen atoms in total. The number of hydrogen-bond acceptors (Lipinski definition) is 2. The summed E-state index contributed by atoms with van der Waals surface area (Å²) < 4.78 is 2.36. The smallest absolute Gasteiger partial charge is 0.0486 e. The lowest BCUT2D eigenvalue weighted by Gasteiger charge is -2.06. The third kappa shape index (κ3) is 3.68. The fourth-order valence-corrected chi connectivity index (χ4v) is 3.89. The average molecular weight is 346 g/mol. The van der Waals surface area contributed by atoms with Crippen molar-refractivity contribution in [1.82, 2.24) is 9.88 Å². The number of aryl methyl sites for hydroxylation is 1. The predicted octanol–water partition coefficient (Wildman–Crippen LogP) is 5.35. The minimum atomic E-state index is 0.888. The van der Waals surface area contributed by atoms with Crippen molar-refractivity contribution in [2.24, 2.45) is 0 Å². The van der Waals surface area contributed by atoms with Crippen LogP contribution in [0.25, 0.3) is 10.9 Å². The molecular weight excluding hydrogens is 324 g/mol. The molecule has 4 aromatic rings. The van der Waals surface area contributed by atoms with Gasteiger partial charge in [-0.2, -0.15) is 0 Å². The molecule has 0 spiro atoms. The van der Waals surface area contributed by atoms with Crippen LogP contribution in [0.2, 0.25) is 0 Å². The van der Waals surface area contributed by atoms with Crippen molar-refractivity contribution in [2.75, 3.05) is 0 Å². The molecule has 2 aromatic heterocycles.